The molecule has 24 heavy (non-hydrogen) atoms. The standard InChI is InChI=1S/C19H17N3O2/c1-3-24-15-6-4-14(5-7-15)22-19-13(11-20)12-21-18-9-8-16(23-2)10-17(18)19/h4-10,12H,3H2,1-2H3,(H,21,22). The van der Waals surface area contributed by atoms with Gasteiger partial charge in [0, 0.05) is 17.3 Å². The summed E-state index contributed by atoms with van der Waals surface area (Å²) >= 11 is 0. The van der Waals surface area contributed by atoms with Gasteiger partial charge in [-0.25, -0.2) is 0 Å². The van der Waals surface area contributed by atoms with Crippen LogP contribution in [-0.2, 0) is 0 Å². The van der Waals surface area contributed by atoms with Gasteiger partial charge in [-0.05, 0) is 49.4 Å². The zero-order valence-corrected chi connectivity index (χ0v) is 13.5. The number of pyridine rings is 1. The molecular formula is C19H17N3O2. The van der Waals surface area contributed by atoms with Gasteiger partial charge in [0.05, 0.1) is 30.5 Å². The van der Waals surface area contributed by atoms with Crippen LogP contribution in [-0.4, -0.2) is 18.7 Å². The third-order valence-corrected chi connectivity index (χ3v) is 3.63. The first-order valence-corrected chi connectivity index (χ1v) is 7.62. The number of methoxy groups -OCH3 is 1. The predicted octanol–water partition coefficient (Wildman–Crippen LogP) is 4.26. The number of benzene rings is 2. The maximum absolute atomic E-state index is 9.42. The summed E-state index contributed by atoms with van der Waals surface area (Å²) in [5.41, 5.74) is 2.85. The third-order valence-electron chi connectivity index (χ3n) is 3.63. The molecule has 120 valence electrons. The van der Waals surface area contributed by atoms with E-state index in [1.54, 1.807) is 13.3 Å². The van der Waals surface area contributed by atoms with E-state index in [0.29, 0.717) is 23.6 Å². The number of nitrogens with zero attached hydrogens (tertiary/aromatic N) is 2. The second-order valence-corrected chi connectivity index (χ2v) is 5.12. The molecule has 0 atom stereocenters. The minimum Gasteiger partial charge on any atom is -0.497 e. The van der Waals surface area contributed by atoms with Crippen LogP contribution >= 0.6 is 0 Å². The Hall–Kier alpha value is -3.26. The molecule has 0 fully saturated rings. The van der Waals surface area contributed by atoms with Crippen molar-refractivity contribution >= 4 is 22.3 Å². The molecule has 0 bridgehead atoms. The Morgan fingerprint density at radius 1 is 1.12 bits per heavy atom. The Kier molecular flexibility index (Phi) is 4.48. The molecule has 0 saturated heterocycles. The maximum atomic E-state index is 9.42. The predicted molar refractivity (Wildman–Crippen MR) is 93.9 cm³/mol. The topological polar surface area (TPSA) is 67.2 Å². The summed E-state index contributed by atoms with van der Waals surface area (Å²) in [5.74, 6) is 1.53. The van der Waals surface area contributed by atoms with Crippen LogP contribution in [0.1, 0.15) is 12.5 Å². The highest BCUT2D eigenvalue weighted by molar-refractivity contribution is 5.96. The number of aromatic nitrogens is 1. The lowest BCUT2D eigenvalue weighted by Gasteiger charge is -2.13. The van der Waals surface area contributed by atoms with Gasteiger partial charge < -0.3 is 14.8 Å². The van der Waals surface area contributed by atoms with Crippen LogP contribution in [0.3, 0.4) is 0 Å². The quantitative estimate of drug-likeness (QED) is 0.761. The summed E-state index contributed by atoms with van der Waals surface area (Å²) in [6, 6.07) is 15.4. The van der Waals surface area contributed by atoms with Crippen LogP contribution < -0.4 is 14.8 Å². The van der Waals surface area contributed by atoms with Crippen LogP contribution in [0.5, 0.6) is 11.5 Å². The molecule has 0 unspecified atom stereocenters. The molecule has 0 aliphatic carbocycles. The molecule has 3 rings (SSSR count). The molecule has 1 aromatic heterocycles. The Labute approximate surface area is 140 Å². The fraction of sp³-hybridized carbons (Fsp3) is 0.158. The molecule has 0 aliphatic rings. The highest BCUT2D eigenvalue weighted by Crippen LogP contribution is 2.31. The summed E-state index contributed by atoms with van der Waals surface area (Å²) in [5, 5.41) is 13.6. The van der Waals surface area contributed by atoms with Crippen molar-refractivity contribution in [2.45, 2.75) is 6.92 Å². The molecule has 0 radical (unpaired) electrons. The molecule has 0 amide bonds. The number of nitriles is 1. The van der Waals surface area contributed by atoms with Crippen molar-refractivity contribution in [3.05, 3.63) is 54.2 Å². The second-order valence-electron chi connectivity index (χ2n) is 5.12. The van der Waals surface area contributed by atoms with Crippen molar-refractivity contribution in [3.8, 4) is 17.6 Å². The number of nitrogens with one attached hydrogen (secondary N) is 1. The molecule has 2 aromatic carbocycles. The van der Waals surface area contributed by atoms with E-state index in [1.165, 1.54) is 0 Å². The third kappa shape index (κ3) is 3.08. The van der Waals surface area contributed by atoms with E-state index in [-0.39, 0.29) is 0 Å². The van der Waals surface area contributed by atoms with E-state index < -0.39 is 0 Å². The largest absolute Gasteiger partial charge is 0.497 e. The van der Waals surface area contributed by atoms with Gasteiger partial charge in [-0.1, -0.05) is 0 Å². The van der Waals surface area contributed by atoms with Gasteiger partial charge in [0.15, 0.2) is 0 Å². The zero-order valence-electron chi connectivity index (χ0n) is 13.5. The number of ether oxygens (including phenoxy) is 2. The number of hydrogen-bond donors (Lipinski definition) is 1. The van der Waals surface area contributed by atoms with Gasteiger partial charge in [0.2, 0.25) is 0 Å². The van der Waals surface area contributed by atoms with Crippen LogP contribution in [0.2, 0.25) is 0 Å². The summed E-state index contributed by atoms with van der Waals surface area (Å²) in [6.45, 7) is 2.57. The van der Waals surface area contributed by atoms with Gasteiger partial charge >= 0.3 is 0 Å². The van der Waals surface area contributed by atoms with Gasteiger partial charge in [-0.15, -0.1) is 0 Å². The number of hydrogen-bond acceptors (Lipinski definition) is 5. The number of fused-ring (bicyclic) bond motifs is 1. The fourth-order valence-electron chi connectivity index (χ4n) is 2.46. The van der Waals surface area contributed by atoms with E-state index in [0.717, 1.165) is 22.3 Å². The van der Waals surface area contributed by atoms with E-state index in [4.69, 9.17) is 9.47 Å². The molecule has 0 spiro atoms. The van der Waals surface area contributed by atoms with Crippen LogP contribution in [0.4, 0.5) is 11.4 Å². The molecule has 1 N–H and O–H groups in total. The highest BCUT2D eigenvalue weighted by Gasteiger charge is 2.10. The molecular weight excluding hydrogens is 302 g/mol. The summed E-state index contributed by atoms with van der Waals surface area (Å²) in [7, 11) is 1.61. The minimum atomic E-state index is 0.477. The van der Waals surface area contributed by atoms with Crippen molar-refractivity contribution in [3.63, 3.8) is 0 Å². The van der Waals surface area contributed by atoms with Crippen molar-refractivity contribution in [1.82, 2.24) is 4.98 Å². The minimum absolute atomic E-state index is 0.477. The molecule has 1 heterocycles. The van der Waals surface area contributed by atoms with E-state index in [9.17, 15) is 5.26 Å². The van der Waals surface area contributed by atoms with Gasteiger partial charge in [-0.3, -0.25) is 4.98 Å². The Balaban J connectivity index is 2.04. The van der Waals surface area contributed by atoms with E-state index >= 15 is 0 Å². The molecule has 5 nitrogen and oxygen atoms in total. The maximum Gasteiger partial charge on any atom is 0.119 e. The van der Waals surface area contributed by atoms with Gasteiger partial charge in [-0.2, -0.15) is 5.26 Å². The Morgan fingerprint density at radius 3 is 2.54 bits per heavy atom. The van der Waals surface area contributed by atoms with Crippen molar-refractivity contribution in [2.75, 3.05) is 19.0 Å². The molecule has 5 heteroatoms. The average molecular weight is 319 g/mol. The molecule has 0 saturated carbocycles. The van der Waals surface area contributed by atoms with E-state index in [1.807, 2.05) is 49.4 Å². The lowest BCUT2D eigenvalue weighted by atomic mass is 10.1. The Bertz CT molecular complexity index is 899. The average Bonchev–Trinajstić information content (AvgIpc) is 2.63. The fourth-order valence-corrected chi connectivity index (χ4v) is 2.46. The zero-order chi connectivity index (χ0) is 16.9. The van der Waals surface area contributed by atoms with Crippen molar-refractivity contribution in [1.29, 1.82) is 5.26 Å². The van der Waals surface area contributed by atoms with Crippen LogP contribution in [0, 0.1) is 11.3 Å². The number of anilines is 2. The first kappa shape index (κ1) is 15.6. The van der Waals surface area contributed by atoms with E-state index in [2.05, 4.69) is 16.4 Å². The highest BCUT2D eigenvalue weighted by atomic mass is 16.5. The van der Waals surface area contributed by atoms with Gasteiger partial charge in [0.1, 0.15) is 17.6 Å². The summed E-state index contributed by atoms with van der Waals surface area (Å²) < 4.78 is 10.7. The lowest BCUT2D eigenvalue weighted by molar-refractivity contribution is 0.340. The van der Waals surface area contributed by atoms with Gasteiger partial charge in [0.25, 0.3) is 0 Å². The van der Waals surface area contributed by atoms with Crippen molar-refractivity contribution in [2.24, 2.45) is 0 Å². The smallest absolute Gasteiger partial charge is 0.119 e. The number of rotatable bonds is 5. The first-order valence-electron chi connectivity index (χ1n) is 7.62. The summed E-state index contributed by atoms with van der Waals surface area (Å²) in [6.07, 6.45) is 1.58. The van der Waals surface area contributed by atoms with Crippen LogP contribution in [0.25, 0.3) is 10.9 Å². The monoisotopic (exact) mass is 319 g/mol. The molecule has 0 aliphatic heterocycles. The normalized spacial score (nSPS) is 10.2. The lowest BCUT2D eigenvalue weighted by Crippen LogP contribution is -1.98. The second kappa shape index (κ2) is 6.88. The Morgan fingerprint density at radius 2 is 1.88 bits per heavy atom. The molecule has 3 aromatic rings. The summed E-state index contributed by atoms with van der Waals surface area (Å²) in [4.78, 5) is 4.33. The van der Waals surface area contributed by atoms with Crippen molar-refractivity contribution < 1.29 is 9.47 Å². The SMILES string of the molecule is CCOc1ccc(Nc2c(C#N)cnc3ccc(OC)cc23)cc1. The first-order chi connectivity index (χ1) is 11.7. The van der Waals surface area contributed by atoms with Crippen LogP contribution in [0.15, 0.2) is 48.7 Å².